The normalized spacial score (nSPS) is 16.6. The molecule has 1 heterocycles. The number of aryl methyl sites for hydroxylation is 2. The molecule has 1 aromatic rings. The Morgan fingerprint density at radius 2 is 1.84 bits per heavy atom. The zero-order chi connectivity index (χ0) is 13.8. The number of benzene rings is 1. The molecule has 0 bridgehead atoms. The number of carboxylic acids is 1. The summed E-state index contributed by atoms with van der Waals surface area (Å²) in [5.74, 6) is -0.711. The van der Waals surface area contributed by atoms with Crippen molar-refractivity contribution in [2.45, 2.75) is 20.3 Å². The molecule has 1 N–H and O–H groups in total. The first kappa shape index (κ1) is 13.9. The molecule has 4 nitrogen and oxygen atoms in total. The molecule has 0 unspecified atom stereocenters. The van der Waals surface area contributed by atoms with Gasteiger partial charge in [-0.1, -0.05) is 6.07 Å². The van der Waals surface area contributed by atoms with Crippen LogP contribution in [0, 0.1) is 13.8 Å². The van der Waals surface area contributed by atoms with Gasteiger partial charge in [0.25, 0.3) is 0 Å². The van der Waals surface area contributed by atoms with E-state index in [1.807, 2.05) is 0 Å². The number of rotatable bonds is 4. The minimum Gasteiger partial charge on any atom is -0.481 e. The van der Waals surface area contributed by atoms with Gasteiger partial charge in [0.15, 0.2) is 0 Å². The predicted octanol–water partition coefficient (Wildman–Crippen LogP) is 1.90. The van der Waals surface area contributed by atoms with Crippen molar-refractivity contribution in [2.24, 2.45) is 0 Å². The van der Waals surface area contributed by atoms with E-state index in [4.69, 9.17) is 5.11 Å². The Morgan fingerprint density at radius 1 is 1.16 bits per heavy atom. The first-order valence-corrected chi connectivity index (χ1v) is 6.82. The summed E-state index contributed by atoms with van der Waals surface area (Å²) in [6, 6.07) is 6.58. The molecular weight excluding hydrogens is 240 g/mol. The highest BCUT2D eigenvalue weighted by molar-refractivity contribution is 5.66. The number of piperazine rings is 1. The van der Waals surface area contributed by atoms with Gasteiger partial charge >= 0.3 is 5.97 Å². The zero-order valence-electron chi connectivity index (χ0n) is 11.7. The highest BCUT2D eigenvalue weighted by Crippen LogP contribution is 2.20. The highest BCUT2D eigenvalue weighted by Gasteiger charge is 2.17. The molecule has 1 aliphatic rings. The molecule has 104 valence electrons. The Morgan fingerprint density at radius 3 is 2.42 bits per heavy atom. The van der Waals surface area contributed by atoms with Crippen LogP contribution in [0.1, 0.15) is 17.5 Å². The van der Waals surface area contributed by atoms with Crippen LogP contribution in [0.3, 0.4) is 0 Å². The second-order valence-electron chi connectivity index (χ2n) is 5.24. The van der Waals surface area contributed by atoms with Crippen LogP contribution in [0.2, 0.25) is 0 Å². The van der Waals surface area contributed by atoms with Crippen molar-refractivity contribution in [1.82, 2.24) is 4.90 Å². The number of anilines is 1. The van der Waals surface area contributed by atoms with E-state index in [1.54, 1.807) is 0 Å². The Hall–Kier alpha value is -1.55. The third-order valence-corrected chi connectivity index (χ3v) is 3.87. The zero-order valence-corrected chi connectivity index (χ0v) is 11.7. The van der Waals surface area contributed by atoms with E-state index >= 15 is 0 Å². The Bertz CT molecular complexity index is 451. The van der Waals surface area contributed by atoms with Crippen LogP contribution < -0.4 is 4.90 Å². The van der Waals surface area contributed by atoms with E-state index in [0.29, 0.717) is 6.54 Å². The fourth-order valence-electron chi connectivity index (χ4n) is 2.41. The second kappa shape index (κ2) is 6.06. The van der Waals surface area contributed by atoms with Crippen LogP contribution >= 0.6 is 0 Å². The Kier molecular flexibility index (Phi) is 4.43. The van der Waals surface area contributed by atoms with Gasteiger partial charge in [-0.15, -0.1) is 0 Å². The van der Waals surface area contributed by atoms with E-state index in [1.165, 1.54) is 16.8 Å². The molecule has 1 saturated heterocycles. The molecule has 19 heavy (non-hydrogen) atoms. The van der Waals surface area contributed by atoms with E-state index in [9.17, 15) is 4.79 Å². The van der Waals surface area contributed by atoms with E-state index in [-0.39, 0.29) is 6.42 Å². The predicted molar refractivity (Wildman–Crippen MR) is 76.8 cm³/mol. The average molecular weight is 262 g/mol. The number of hydrogen-bond donors (Lipinski definition) is 1. The van der Waals surface area contributed by atoms with Crippen LogP contribution in [-0.2, 0) is 4.79 Å². The summed E-state index contributed by atoms with van der Waals surface area (Å²) >= 11 is 0. The van der Waals surface area contributed by atoms with Crippen molar-refractivity contribution in [3.8, 4) is 0 Å². The SMILES string of the molecule is Cc1ccc(N2CCN(CCC(=O)O)CC2)cc1C. The third-order valence-electron chi connectivity index (χ3n) is 3.87. The summed E-state index contributed by atoms with van der Waals surface area (Å²) in [6.07, 6.45) is 0.240. The van der Waals surface area contributed by atoms with Crippen LogP contribution in [-0.4, -0.2) is 48.7 Å². The molecule has 0 aliphatic carbocycles. The minimum atomic E-state index is -0.711. The van der Waals surface area contributed by atoms with Crippen LogP contribution in [0.5, 0.6) is 0 Å². The Labute approximate surface area is 114 Å². The van der Waals surface area contributed by atoms with Crippen LogP contribution in [0.4, 0.5) is 5.69 Å². The first-order valence-electron chi connectivity index (χ1n) is 6.82. The Balaban J connectivity index is 1.88. The maximum atomic E-state index is 10.6. The summed E-state index contributed by atoms with van der Waals surface area (Å²) in [4.78, 5) is 15.2. The summed E-state index contributed by atoms with van der Waals surface area (Å²) in [6.45, 7) is 8.77. The molecule has 0 radical (unpaired) electrons. The quantitative estimate of drug-likeness (QED) is 0.900. The van der Waals surface area contributed by atoms with Crippen molar-refractivity contribution < 1.29 is 9.90 Å². The fourth-order valence-corrected chi connectivity index (χ4v) is 2.41. The lowest BCUT2D eigenvalue weighted by atomic mass is 10.1. The van der Waals surface area contributed by atoms with Crippen LogP contribution in [0.25, 0.3) is 0 Å². The fraction of sp³-hybridized carbons (Fsp3) is 0.533. The molecule has 1 fully saturated rings. The maximum absolute atomic E-state index is 10.6. The summed E-state index contributed by atoms with van der Waals surface area (Å²) in [5.41, 5.74) is 3.93. The van der Waals surface area contributed by atoms with Gasteiger partial charge in [0.2, 0.25) is 0 Å². The van der Waals surface area contributed by atoms with Crippen molar-refractivity contribution >= 4 is 11.7 Å². The van der Waals surface area contributed by atoms with Gasteiger partial charge in [0.05, 0.1) is 6.42 Å². The molecule has 0 amide bonds. The average Bonchev–Trinajstić information content (AvgIpc) is 2.40. The largest absolute Gasteiger partial charge is 0.481 e. The lowest BCUT2D eigenvalue weighted by molar-refractivity contribution is -0.137. The van der Waals surface area contributed by atoms with Crippen molar-refractivity contribution in [2.75, 3.05) is 37.6 Å². The molecule has 0 spiro atoms. The molecule has 4 heteroatoms. The van der Waals surface area contributed by atoms with Gasteiger partial charge in [0.1, 0.15) is 0 Å². The maximum Gasteiger partial charge on any atom is 0.304 e. The topological polar surface area (TPSA) is 43.8 Å². The number of hydrogen-bond acceptors (Lipinski definition) is 3. The van der Waals surface area contributed by atoms with Crippen LogP contribution in [0.15, 0.2) is 18.2 Å². The van der Waals surface area contributed by atoms with Gasteiger partial charge in [0, 0.05) is 38.4 Å². The molecular formula is C15H22N2O2. The van der Waals surface area contributed by atoms with E-state index in [0.717, 1.165) is 26.2 Å². The van der Waals surface area contributed by atoms with Gasteiger partial charge in [-0.05, 0) is 37.1 Å². The number of aliphatic carboxylic acids is 1. The standard InChI is InChI=1S/C15H22N2O2/c1-12-3-4-14(11-13(12)2)17-9-7-16(8-10-17)6-5-15(18)19/h3-4,11H,5-10H2,1-2H3,(H,18,19). The molecule has 0 aromatic heterocycles. The monoisotopic (exact) mass is 262 g/mol. The molecule has 1 aliphatic heterocycles. The van der Waals surface area contributed by atoms with Gasteiger partial charge < -0.3 is 10.0 Å². The molecule has 0 atom stereocenters. The van der Waals surface area contributed by atoms with E-state index in [2.05, 4.69) is 41.8 Å². The van der Waals surface area contributed by atoms with Gasteiger partial charge in [-0.25, -0.2) is 0 Å². The van der Waals surface area contributed by atoms with Crippen molar-refractivity contribution in [1.29, 1.82) is 0 Å². The van der Waals surface area contributed by atoms with Gasteiger partial charge in [-0.2, -0.15) is 0 Å². The number of carbonyl (C=O) groups is 1. The highest BCUT2D eigenvalue weighted by atomic mass is 16.4. The molecule has 1 aromatic carbocycles. The molecule has 2 rings (SSSR count). The summed E-state index contributed by atoms with van der Waals surface area (Å²) < 4.78 is 0. The van der Waals surface area contributed by atoms with Gasteiger partial charge in [-0.3, -0.25) is 9.69 Å². The van der Waals surface area contributed by atoms with Crippen molar-refractivity contribution in [3.63, 3.8) is 0 Å². The smallest absolute Gasteiger partial charge is 0.304 e. The first-order chi connectivity index (χ1) is 9.06. The van der Waals surface area contributed by atoms with E-state index < -0.39 is 5.97 Å². The number of nitrogens with zero attached hydrogens (tertiary/aromatic N) is 2. The minimum absolute atomic E-state index is 0.240. The number of carboxylic acid groups (broad SMARTS) is 1. The lowest BCUT2D eigenvalue weighted by Gasteiger charge is -2.36. The lowest BCUT2D eigenvalue weighted by Crippen LogP contribution is -2.46. The summed E-state index contributed by atoms with van der Waals surface area (Å²) in [7, 11) is 0. The van der Waals surface area contributed by atoms with Crippen molar-refractivity contribution in [3.05, 3.63) is 29.3 Å². The second-order valence-corrected chi connectivity index (χ2v) is 5.24. The third kappa shape index (κ3) is 3.70. The molecule has 0 saturated carbocycles. The summed E-state index contributed by atoms with van der Waals surface area (Å²) in [5, 5.41) is 8.69.